The zero-order chi connectivity index (χ0) is 35.8. The fourth-order valence-electron chi connectivity index (χ4n) is 7.84. The molecule has 12 nitrogen and oxygen atoms in total. The third-order valence-electron chi connectivity index (χ3n) is 9.63. The van der Waals surface area contributed by atoms with Gasteiger partial charge in [0.2, 0.25) is 0 Å². The Balaban J connectivity index is 1.75. The van der Waals surface area contributed by atoms with Gasteiger partial charge in [-0.05, 0) is 88.5 Å². The molecule has 264 valence electrons. The van der Waals surface area contributed by atoms with Crippen molar-refractivity contribution in [2.24, 2.45) is 4.99 Å². The molecular formula is C35H44N4O8S2. The maximum absolute atomic E-state index is 13.4. The molecule has 4 heterocycles. The first-order valence-corrected chi connectivity index (χ1v) is 19.4. The van der Waals surface area contributed by atoms with E-state index in [-0.39, 0.29) is 40.1 Å². The molecule has 0 spiro atoms. The van der Waals surface area contributed by atoms with E-state index in [4.69, 9.17) is 14.7 Å². The summed E-state index contributed by atoms with van der Waals surface area (Å²) in [5.74, 6) is -0.287. The van der Waals surface area contributed by atoms with E-state index in [1.807, 2.05) is 58.2 Å². The number of benzene rings is 2. The van der Waals surface area contributed by atoms with E-state index in [9.17, 15) is 31.0 Å². The van der Waals surface area contributed by atoms with Crippen molar-refractivity contribution in [3.8, 4) is 11.5 Å². The van der Waals surface area contributed by atoms with Gasteiger partial charge in [-0.3, -0.25) is 14.1 Å². The summed E-state index contributed by atoms with van der Waals surface area (Å²) in [6.07, 6.45) is 7.43. The molecule has 3 aliphatic heterocycles. The quantitative estimate of drug-likeness (QED) is 0.0918. The van der Waals surface area contributed by atoms with Crippen LogP contribution in [-0.4, -0.2) is 51.7 Å². The largest absolute Gasteiger partial charge is 0.513 e. The number of unbranched alkanes of at least 4 members (excludes halogenated alkanes) is 2. The average Bonchev–Trinajstić information content (AvgIpc) is 3.39. The molecule has 6 rings (SSSR count). The number of hydrogen-bond donors (Lipinski definition) is 4. The molecule has 4 N–H and O–H groups in total. The molecule has 1 aromatic heterocycles. The number of aryl methyl sites for hydroxylation is 1. The number of anilines is 1. The highest BCUT2D eigenvalue weighted by atomic mass is 32.2. The highest BCUT2D eigenvalue weighted by Gasteiger charge is 2.42. The van der Waals surface area contributed by atoms with Gasteiger partial charge in [0, 0.05) is 47.3 Å². The Hall–Kier alpha value is -3.72. The van der Waals surface area contributed by atoms with Crippen LogP contribution in [0.1, 0.15) is 114 Å². The Morgan fingerprint density at radius 3 is 2.31 bits per heavy atom. The lowest BCUT2D eigenvalue weighted by atomic mass is 9.80. The van der Waals surface area contributed by atoms with Gasteiger partial charge in [-0.1, -0.05) is 26.8 Å². The monoisotopic (exact) mass is 712 g/mol. The molecular weight excluding hydrogens is 669 g/mol. The van der Waals surface area contributed by atoms with E-state index in [1.54, 1.807) is 12.4 Å². The lowest BCUT2D eigenvalue weighted by molar-refractivity contribution is 0.382. The van der Waals surface area contributed by atoms with Crippen LogP contribution < -0.4 is 20.6 Å². The van der Waals surface area contributed by atoms with Crippen molar-refractivity contribution >= 4 is 31.5 Å². The van der Waals surface area contributed by atoms with Crippen molar-refractivity contribution in [3.63, 3.8) is 0 Å². The van der Waals surface area contributed by atoms with Crippen LogP contribution in [0.25, 0.3) is 5.57 Å². The molecule has 49 heavy (non-hydrogen) atoms. The Kier molecular flexibility index (Phi) is 8.57. The van der Waals surface area contributed by atoms with Crippen LogP contribution in [-0.2, 0) is 26.8 Å². The summed E-state index contributed by atoms with van der Waals surface area (Å²) >= 11 is 0. The van der Waals surface area contributed by atoms with E-state index >= 15 is 0 Å². The zero-order valence-electron chi connectivity index (χ0n) is 28.7. The molecule has 0 saturated carbocycles. The van der Waals surface area contributed by atoms with Gasteiger partial charge >= 0.3 is 0 Å². The van der Waals surface area contributed by atoms with Crippen molar-refractivity contribution in [3.05, 3.63) is 70.0 Å². The third kappa shape index (κ3) is 6.51. The molecule has 0 fully saturated rings. The third-order valence-corrected chi connectivity index (χ3v) is 11.4. The highest BCUT2D eigenvalue weighted by Crippen LogP contribution is 2.51. The maximum atomic E-state index is 13.4. The highest BCUT2D eigenvalue weighted by molar-refractivity contribution is 7.86. The predicted molar refractivity (Wildman–Crippen MR) is 185 cm³/mol. The van der Waals surface area contributed by atoms with E-state index in [2.05, 4.69) is 11.9 Å². The minimum Gasteiger partial charge on any atom is -0.513 e. The van der Waals surface area contributed by atoms with Crippen LogP contribution in [0.5, 0.6) is 11.5 Å². The molecule has 2 aromatic carbocycles. The Morgan fingerprint density at radius 2 is 1.65 bits per heavy atom. The molecule has 0 saturated heterocycles. The number of nitrogens with one attached hydrogen (secondary N) is 1. The van der Waals surface area contributed by atoms with E-state index < -0.39 is 41.1 Å². The van der Waals surface area contributed by atoms with Gasteiger partial charge in [0.25, 0.3) is 20.2 Å². The summed E-state index contributed by atoms with van der Waals surface area (Å²) in [5, 5.41) is 13.1. The molecule has 0 bridgehead atoms. The minimum atomic E-state index is -5.00. The number of aliphatic hydroxyl groups is 1. The first-order chi connectivity index (χ1) is 22.7. The van der Waals surface area contributed by atoms with Gasteiger partial charge in [0.15, 0.2) is 21.3 Å². The summed E-state index contributed by atoms with van der Waals surface area (Å²) in [5.41, 5.74) is 0.933. The molecule has 3 aromatic rings. The minimum absolute atomic E-state index is 0.0564. The second kappa shape index (κ2) is 12.0. The summed E-state index contributed by atoms with van der Waals surface area (Å²) in [7, 11) is -9.98. The molecule has 2 atom stereocenters. The fourth-order valence-corrected chi connectivity index (χ4v) is 9.45. The summed E-state index contributed by atoms with van der Waals surface area (Å²) < 4.78 is 83.3. The van der Waals surface area contributed by atoms with Crippen molar-refractivity contribution in [2.45, 2.75) is 119 Å². The standard InChI is InChI=1S/C35H44N4O8S2/c1-19-17-34(4,5)37-27-22(19)15-24-26(33-36-12-14-39(33)13-10-8-9-11-21(3)40)25-16-23-20(2)18-35(6,7)38-28(23)32(49(44,45)46)30(25)47-29(24)31(27)48(41,42)43/h12,14-16,19-20,37,40H,3,8-11,13,17-18H2,1-2,4-7H3,(H,41,42,43)(H,44,45,46). The number of rotatable bonds is 9. The average molecular weight is 713 g/mol. The Bertz CT molecular complexity index is 2240. The molecule has 0 radical (unpaired) electrons. The van der Waals surface area contributed by atoms with Gasteiger partial charge in [0.05, 0.1) is 22.3 Å². The summed E-state index contributed by atoms with van der Waals surface area (Å²) in [6, 6.07) is 3.64. The molecule has 0 aliphatic carbocycles. The number of aromatic nitrogens is 2. The van der Waals surface area contributed by atoms with Crippen LogP contribution in [0.15, 0.2) is 51.6 Å². The predicted octanol–water partition coefficient (Wildman–Crippen LogP) is 5.96. The number of hydrogen-bond acceptors (Lipinski definition) is 9. The Morgan fingerprint density at radius 1 is 0.980 bits per heavy atom. The molecule has 14 heteroatoms. The number of aliphatic hydroxyl groups excluding tert-OH is 1. The fraction of sp³-hybridized carbons (Fsp3) is 0.486. The lowest BCUT2D eigenvalue weighted by Crippen LogP contribution is -2.39. The van der Waals surface area contributed by atoms with E-state index in [1.165, 1.54) is 0 Å². The van der Waals surface area contributed by atoms with Crippen LogP contribution in [0.2, 0.25) is 0 Å². The second-order valence-electron chi connectivity index (χ2n) is 15.0. The summed E-state index contributed by atoms with van der Waals surface area (Å²) in [6.45, 7) is 15.6. The smallest absolute Gasteiger partial charge is 0.300 e. The zero-order valence-corrected chi connectivity index (χ0v) is 30.3. The number of imidazole rings is 1. The van der Waals surface area contributed by atoms with Crippen molar-refractivity contribution in [1.82, 2.24) is 9.55 Å². The number of nitrogens with zero attached hydrogens (tertiary/aromatic N) is 3. The van der Waals surface area contributed by atoms with E-state index in [0.717, 1.165) is 19.3 Å². The van der Waals surface area contributed by atoms with Gasteiger partial charge in [-0.2, -0.15) is 16.8 Å². The van der Waals surface area contributed by atoms with Crippen molar-refractivity contribution < 1.29 is 35.8 Å². The van der Waals surface area contributed by atoms with Crippen LogP contribution in [0, 0.1) is 0 Å². The number of allylic oxidation sites excluding steroid dienone is 1. The van der Waals surface area contributed by atoms with Crippen molar-refractivity contribution in [1.29, 1.82) is 0 Å². The normalized spacial score (nSPS) is 20.5. The van der Waals surface area contributed by atoms with Crippen LogP contribution >= 0.6 is 0 Å². The van der Waals surface area contributed by atoms with Crippen LogP contribution in [0.3, 0.4) is 0 Å². The summed E-state index contributed by atoms with van der Waals surface area (Å²) in [4.78, 5) is 8.38. The van der Waals surface area contributed by atoms with Crippen LogP contribution in [0.4, 0.5) is 5.69 Å². The molecule has 0 amide bonds. The van der Waals surface area contributed by atoms with Gasteiger partial charge in [0.1, 0.15) is 5.82 Å². The first-order valence-electron chi connectivity index (χ1n) is 16.5. The lowest BCUT2D eigenvalue weighted by Gasteiger charge is -2.39. The van der Waals surface area contributed by atoms with E-state index in [0.29, 0.717) is 59.1 Å². The van der Waals surface area contributed by atoms with Gasteiger partial charge in [-0.25, -0.2) is 4.98 Å². The van der Waals surface area contributed by atoms with Gasteiger partial charge in [-0.15, -0.1) is 0 Å². The Labute approximate surface area is 287 Å². The SMILES string of the molecule is C=C(O)CCCCCn1ccnc1C1=c2cc3c(c(S(=O)(=O)O)c2Oc2c1cc1c(c2S(=O)(=O)O)NC(C)(C)CC1C)=NC(C)(C)CC3C. The second-order valence-corrected chi connectivity index (χ2v) is 17.7. The number of ether oxygens (including phenoxy) is 1. The first kappa shape index (κ1) is 35.1. The molecule has 3 aliphatic rings. The maximum Gasteiger partial charge on any atom is 0.300 e. The topological polar surface area (TPSA) is 180 Å². The number of fused-ring (bicyclic) bond motifs is 4. The molecule has 2 unspecified atom stereocenters. The van der Waals surface area contributed by atoms with Crippen molar-refractivity contribution in [2.75, 3.05) is 5.32 Å². The van der Waals surface area contributed by atoms with Gasteiger partial charge < -0.3 is 19.7 Å².